The van der Waals surface area contributed by atoms with Gasteiger partial charge in [-0.05, 0) is 6.07 Å². The third-order valence-electron chi connectivity index (χ3n) is 1.58. The summed E-state index contributed by atoms with van der Waals surface area (Å²) in [5.41, 5.74) is 0.617. The number of nitrogens with zero attached hydrogens (tertiary/aromatic N) is 1. The quantitative estimate of drug-likeness (QED) is 0.844. The predicted molar refractivity (Wildman–Crippen MR) is 58.8 cm³/mol. The summed E-state index contributed by atoms with van der Waals surface area (Å²) >= 11 is 2.43. The van der Waals surface area contributed by atoms with Crippen LogP contribution in [0.2, 0.25) is 0 Å². The molecular formula is C8H6N2O3S2. The van der Waals surface area contributed by atoms with E-state index in [0.29, 0.717) is 10.6 Å². The molecule has 0 radical (unpaired) electrons. The van der Waals surface area contributed by atoms with Gasteiger partial charge in [0.1, 0.15) is 8.89 Å². The van der Waals surface area contributed by atoms with Gasteiger partial charge in [0.2, 0.25) is 5.91 Å². The number of anilines is 1. The number of hydrogen-bond donors (Lipinski definition) is 2. The van der Waals surface area contributed by atoms with Crippen LogP contribution in [0, 0.1) is 0 Å². The van der Waals surface area contributed by atoms with Crippen LogP contribution in [-0.4, -0.2) is 22.0 Å². The Labute approximate surface area is 92.4 Å². The van der Waals surface area contributed by atoms with Crippen LogP contribution in [-0.2, 0) is 4.79 Å². The van der Waals surface area contributed by atoms with Crippen molar-refractivity contribution >= 4 is 49.2 Å². The fraction of sp³-hybridized carbons (Fsp3) is 0.125. The monoisotopic (exact) mass is 242 g/mol. The lowest BCUT2D eigenvalue weighted by Gasteiger charge is -1.91. The molecule has 0 bridgehead atoms. The summed E-state index contributed by atoms with van der Waals surface area (Å²) in [6.45, 7) is 1.40. The molecule has 15 heavy (non-hydrogen) atoms. The first-order valence-electron chi connectivity index (χ1n) is 3.97. The Hall–Kier alpha value is -1.47. The summed E-state index contributed by atoms with van der Waals surface area (Å²) in [5.74, 6) is -1.14. The zero-order chi connectivity index (χ0) is 11.0. The number of carboxylic acid groups (broad SMARTS) is 1. The lowest BCUT2D eigenvalue weighted by atomic mass is 10.4. The van der Waals surface area contributed by atoms with Crippen molar-refractivity contribution in [2.24, 2.45) is 0 Å². The number of thiazole rings is 1. The molecule has 0 saturated heterocycles. The summed E-state index contributed by atoms with van der Waals surface area (Å²) < 4.78 is 0.802. The van der Waals surface area contributed by atoms with Gasteiger partial charge in [-0.2, -0.15) is 0 Å². The SMILES string of the molecule is CC(=O)Nc1nc2cc(C(=O)O)sc2s1. The summed E-state index contributed by atoms with van der Waals surface area (Å²) in [5, 5.41) is 11.8. The molecule has 0 aliphatic carbocycles. The van der Waals surface area contributed by atoms with Gasteiger partial charge in [-0.25, -0.2) is 9.78 Å². The molecule has 2 rings (SSSR count). The highest BCUT2D eigenvalue weighted by molar-refractivity contribution is 7.40. The van der Waals surface area contributed by atoms with Crippen molar-refractivity contribution < 1.29 is 14.7 Å². The smallest absolute Gasteiger partial charge is 0.345 e. The van der Waals surface area contributed by atoms with Crippen LogP contribution in [0.15, 0.2) is 6.07 Å². The zero-order valence-corrected chi connectivity index (χ0v) is 9.24. The zero-order valence-electron chi connectivity index (χ0n) is 7.60. The van der Waals surface area contributed by atoms with E-state index in [9.17, 15) is 9.59 Å². The van der Waals surface area contributed by atoms with E-state index in [1.807, 2.05) is 0 Å². The number of carbonyl (C=O) groups is 2. The van der Waals surface area contributed by atoms with Gasteiger partial charge in [0.25, 0.3) is 0 Å². The van der Waals surface area contributed by atoms with Crippen molar-refractivity contribution in [1.82, 2.24) is 4.98 Å². The predicted octanol–water partition coefficient (Wildman–Crippen LogP) is 2.01. The van der Waals surface area contributed by atoms with Crippen molar-refractivity contribution in [3.8, 4) is 0 Å². The number of aromatic carboxylic acids is 1. The highest BCUT2D eigenvalue weighted by Crippen LogP contribution is 2.33. The summed E-state index contributed by atoms with van der Waals surface area (Å²) in [7, 11) is 0. The molecule has 2 aromatic rings. The van der Waals surface area contributed by atoms with Crippen molar-refractivity contribution in [3.05, 3.63) is 10.9 Å². The summed E-state index contributed by atoms with van der Waals surface area (Å²) in [4.78, 5) is 25.8. The Balaban J connectivity index is 2.38. The standard InChI is InChI=1S/C8H6N2O3S2/c1-3(11)9-8-10-4-2-5(6(12)13)14-7(4)15-8/h2H,1H3,(H,12,13)(H,9,10,11). The fourth-order valence-electron chi connectivity index (χ4n) is 1.05. The van der Waals surface area contributed by atoms with Crippen molar-refractivity contribution in [2.45, 2.75) is 6.92 Å². The molecule has 1 amide bonds. The number of fused-ring (bicyclic) bond motifs is 1. The van der Waals surface area contributed by atoms with Crippen molar-refractivity contribution in [1.29, 1.82) is 0 Å². The van der Waals surface area contributed by atoms with E-state index in [1.54, 1.807) is 0 Å². The number of carboxylic acids is 1. The average molecular weight is 242 g/mol. The van der Waals surface area contributed by atoms with E-state index in [1.165, 1.54) is 24.3 Å². The number of hydrogen-bond acceptors (Lipinski definition) is 5. The molecule has 0 aliphatic rings. The second kappa shape index (κ2) is 3.59. The van der Waals surface area contributed by atoms with E-state index < -0.39 is 5.97 Å². The minimum atomic E-state index is -0.953. The molecule has 2 N–H and O–H groups in total. The maximum atomic E-state index is 10.8. The Bertz CT molecular complexity index is 512. The molecule has 0 spiro atoms. The van der Waals surface area contributed by atoms with Crippen molar-refractivity contribution in [3.63, 3.8) is 0 Å². The van der Waals surface area contributed by atoms with E-state index >= 15 is 0 Å². The Morgan fingerprint density at radius 2 is 2.20 bits per heavy atom. The van der Waals surface area contributed by atoms with Gasteiger partial charge in [0.05, 0.1) is 5.52 Å². The van der Waals surface area contributed by atoms with Gasteiger partial charge < -0.3 is 10.4 Å². The number of carbonyl (C=O) groups excluding carboxylic acids is 1. The van der Waals surface area contributed by atoms with Crippen LogP contribution in [0.25, 0.3) is 9.53 Å². The Kier molecular flexibility index (Phi) is 2.41. The molecule has 0 unspecified atom stereocenters. The number of amides is 1. The summed E-state index contributed by atoms with van der Waals surface area (Å²) in [6, 6.07) is 1.50. The highest BCUT2D eigenvalue weighted by atomic mass is 32.2. The van der Waals surface area contributed by atoms with Crippen LogP contribution < -0.4 is 5.32 Å². The molecule has 7 heteroatoms. The van der Waals surface area contributed by atoms with E-state index in [4.69, 9.17) is 5.11 Å². The molecule has 0 atom stereocenters. The number of aromatic nitrogens is 1. The maximum absolute atomic E-state index is 10.8. The molecule has 0 fully saturated rings. The molecule has 0 aliphatic heterocycles. The van der Waals surface area contributed by atoms with Crippen LogP contribution in [0.3, 0.4) is 0 Å². The first kappa shape index (κ1) is 10.1. The third kappa shape index (κ3) is 1.97. The van der Waals surface area contributed by atoms with Crippen LogP contribution in [0.4, 0.5) is 5.13 Å². The minimum absolute atomic E-state index is 0.185. The van der Waals surface area contributed by atoms with Gasteiger partial charge in [-0.3, -0.25) is 4.79 Å². The molecule has 2 heterocycles. The lowest BCUT2D eigenvalue weighted by Crippen LogP contribution is -2.04. The maximum Gasteiger partial charge on any atom is 0.345 e. The highest BCUT2D eigenvalue weighted by Gasteiger charge is 2.12. The lowest BCUT2D eigenvalue weighted by molar-refractivity contribution is -0.114. The first-order valence-corrected chi connectivity index (χ1v) is 5.61. The minimum Gasteiger partial charge on any atom is -0.477 e. The average Bonchev–Trinajstić information content (AvgIpc) is 2.58. The van der Waals surface area contributed by atoms with E-state index in [0.717, 1.165) is 15.4 Å². The van der Waals surface area contributed by atoms with Gasteiger partial charge >= 0.3 is 5.97 Å². The van der Waals surface area contributed by atoms with Crippen LogP contribution in [0.1, 0.15) is 16.6 Å². The third-order valence-corrected chi connectivity index (χ3v) is 3.77. The molecule has 5 nitrogen and oxygen atoms in total. The van der Waals surface area contributed by atoms with E-state index in [-0.39, 0.29) is 10.8 Å². The topological polar surface area (TPSA) is 79.3 Å². The summed E-state index contributed by atoms with van der Waals surface area (Å²) in [6.07, 6.45) is 0. The molecule has 0 saturated carbocycles. The van der Waals surface area contributed by atoms with Gasteiger partial charge in [0.15, 0.2) is 5.13 Å². The largest absolute Gasteiger partial charge is 0.477 e. The first-order chi connectivity index (χ1) is 7.06. The van der Waals surface area contributed by atoms with Gasteiger partial charge in [0, 0.05) is 6.92 Å². The Morgan fingerprint density at radius 1 is 1.47 bits per heavy atom. The number of rotatable bonds is 2. The fourth-order valence-corrected chi connectivity index (χ4v) is 3.11. The Morgan fingerprint density at radius 3 is 2.73 bits per heavy atom. The molecule has 2 aromatic heterocycles. The number of thiophene rings is 1. The van der Waals surface area contributed by atoms with Crippen LogP contribution in [0.5, 0.6) is 0 Å². The van der Waals surface area contributed by atoms with Gasteiger partial charge in [-0.1, -0.05) is 11.3 Å². The van der Waals surface area contributed by atoms with E-state index in [2.05, 4.69) is 10.3 Å². The molecule has 0 aromatic carbocycles. The molecular weight excluding hydrogens is 236 g/mol. The second-order valence-electron chi connectivity index (χ2n) is 2.79. The van der Waals surface area contributed by atoms with Gasteiger partial charge in [-0.15, -0.1) is 11.3 Å². The normalized spacial score (nSPS) is 10.5. The second-order valence-corrected chi connectivity index (χ2v) is 5.10. The number of nitrogens with one attached hydrogen (secondary N) is 1. The van der Waals surface area contributed by atoms with Crippen molar-refractivity contribution in [2.75, 3.05) is 5.32 Å². The molecule has 78 valence electrons. The van der Waals surface area contributed by atoms with Crippen LogP contribution >= 0.6 is 22.7 Å².